The molecule has 2 rings (SSSR count). The van der Waals surface area contributed by atoms with E-state index >= 15 is 0 Å². The van der Waals surface area contributed by atoms with Crippen molar-refractivity contribution >= 4 is 17.8 Å². The Balaban J connectivity index is 1.99. The molecule has 2 aromatic rings. The van der Waals surface area contributed by atoms with Gasteiger partial charge in [-0.3, -0.25) is 9.48 Å². The molecule has 0 saturated heterocycles. The minimum absolute atomic E-state index is 0.202. The van der Waals surface area contributed by atoms with Gasteiger partial charge in [0.05, 0.1) is 5.69 Å². The minimum atomic E-state index is -0.545. The Morgan fingerprint density at radius 1 is 1.21 bits per heavy atom. The number of ketones is 1. The number of hydrogen-bond donors (Lipinski definition) is 0. The number of nitrogens with zero attached hydrogens (tertiary/aromatic N) is 2. The van der Waals surface area contributed by atoms with Crippen LogP contribution in [-0.2, 0) is 16.6 Å². The van der Waals surface area contributed by atoms with Crippen molar-refractivity contribution in [3.05, 3.63) is 57.9 Å². The molecule has 24 heavy (non-hydrogen) atoms. The largest absolute Gasteiger partial charge is 0.454 e. The molecular formula is C19H22N2O3. The van der Waals surface area contributed by atoms with Gasteiger partial charge in [-0.15, -0.1) is 0 Å². The zero-order valence-corrected chi connectivity index (χ0v) is 14.7. The van der Waals surface area contributed by atoms with E-state index in [2.05, 4.69) is 5.10 Å². The van der Waals surface area contributed by atoms with Crippen molar-refractivity contribution in [2.75, 3.05) is 6.61 Å². The van der Waals surface area contributed by atoms with Crippen LogP contribution in [-0.4, -0.2) is 28.1 Å². The number of esters is 1. The Morgan fingerprint density at radius 3 is 2.54 bits per heavy atom. The van der Waals surface area contributed by atoms with Gasteiger partial charge >= 0.3 is 5.97 Å². The first-order valence-electron chi connectivity index (χ1n) is 7.75. The predicted molar refractivity (Wildman–Crippen MR) is 92.9 cm³/mol. The van der Waals surface area contributed by atoms with Crippen LogP contribution in [0.3, 0.4) is 0 Å². The summed E-state index contributed by atoms with van der Waals surface area (Å²) in [6.45, 7) is 7.32. The third-order valence-corrected chi connectivity index (χ3v) is 3.99. The van der Waals surface area contributed by atoms with Crippen LogP contribution < -0.4 is 0 Å². The van der Waals surface area contributed by atoms with Gasteiger partial charge in [0.2, 0.25) is 5.78 Å². The number of benzene rings is 1. The van der Waals surface area contributed by atoms with Gasteiger partial charge in [-0.25, -0.2) is 4.79 Å². The third kappa shape index (κ3) is 3.98. The second-order valence-electron chi connectivity index (χ2n) is 5.89. The number of hydrogen-bond acceptors (Lipinski definition) is 4. The van der Waals surface area contributed by atoms with Gasteiger partial charge in [0, 0.05) is 29.9 Å². The van der Waals surface area contributed by atoms with E-state index < -0.39 is 5.97 Å². The van der Waals surface area contributed by atoms with Crippen molar-refractivity contribution in [1.82, 2.24) is 9.78 Å². The van der Waals surface area contributed by atoms with Crippen molar-refractivity contribution in [3.8, 4) is 0 Å². The fourth-order valence-corrected chi connectivity index (χ4v) is 2.48. The maximum atomic E-state index is 12.2. The fraction of sp³-hybridized carbons (Fsp3) is 0.316. The van der Waals surface area contributed by atoms with Gasteiger partial charge < -0.3 is 4.74 Å². The van der Waals surface area contributed by atoms with E-state index in [0.717, 1.165) is 28.1 Å². The summed E-state index contributed by atoms with van der Waals surface area (Å²) in [5.41, 5.74) is 5.14. The highest BCUT2D eigenvalue weighted by molar-refractivity contribution is 6.00. The first kappa shape index (κ1) is 17.7. The minimum Gasteiger partial charge on any atom is -0.454 e. The van der Waals surface area contributed by atoms with E-state index in [4.69, 9.17) is 4.74 Å². The quantitative estimate of drug-likeness (QED) is 0.481. The monoisotopic (exact) mass is 326 g/mol. The molecule has 0 N–H and O–H groups in total. The summed E-state index contributed by atoms with van der Waals surface area (Å²) in [6.07, 6.45) is 3.00. The van der Waals surface area contributed by atoms with Gasteiger partial charge in [0.15, 0.2) is 6.61 Å². The molecule has 0 unspecified atom stereocenters. The first-order chi connectivity index (χ1) is 11.3. The number of aromatic nitrogens is 2. The third-order valence-electron chi connectivity index (χ3n) is 3.99. The zero-order valence-electron chi connectivity index (χ0n) is 14.7. The molecule has 0 atom stereocenters. The molecule has 0 spiro atoms. The maximum Gasteiger partial charge on any atom is 0.331 e. The van der Waals surface area contributed by atoms with Crippen LogP contribution in [0.2, 0.25) is 0 Å². The molecule has 0 saturated carbocycles. The summed E-state index contributed by atoms with van der Waals surface area (Å²) in [5, 5.41) is 4.28. The van der Waals surface area contributed by atoms with Gasteiger partial charge in [0.1, 0.15) is 0 Å². The Morgan fingerprint density at radius 2 is 1.92 bits per heavy atom. The van der Waals surface area contributed by atoms with Crippen molar-refractivity contribution in [3.63, 3.8) is 0 Å². The second-order valence-corrected chi connectivity index (χ2v) is 5.89. The SMILES string of the molecule is Cc1ccc(C)c(C(=O)COC(=O)/C=C/c2c(C)nn(C)c2C)c1. The molecule has 0 radical (unpaired) electrons. The van der Waals surface area contributed by atoms with Gasteiger partial charge in [-0.05, 0) is 45.4 Å². The average Bonchev–Trinajstić information content (AvgIpc) is 2.78. The molecule has 0 bridgehead atoms. The zero-order chi connectivity index (χ0) is 17.9. The Hall–Kier alpha value is -2.69. The molecule has 0 aliphatic heterocycles. The normalized spacial score (nSPS) is 11.0. The molecule has 126 valence electrons. The molecule has 0 aliphatic carbocycles. The maximum absolute atomic E-state index is 12.2. The van der Waals surface area contributed by atoms with E-state index in [1.54, 1.807) is 10.8 Å². The van der Waals surface area contributed by atoms with Crippen molar-refractivity contribution in [2.45, 2.75) is 27.7 Å². The number of carbonyl (C=O) groups is 2. The number of Topliss-reactive ketones (excluding diaryl/α,β-unsaturated/α-hetero) is 1. The van der Waals surface area contributed by atoms with Gasteiger partial charge in [-0.1, -0.05) is 17.7 Å². The number of ether oxygens (including phenoxy) is 1. The molecule has 0 aliphatic rings. The number of aryl methyl sites for hydroxylation is 4. The highest BCUT2D eigenvalue weighted by Crippen LogP contribution is 2.14. The highest BCUT2D eigenvalue weighted by Gasteiger charge is 2.12. The lowest BCUT2D eigenvalue weighted by molar-refractivity contribution is -0.136. The molecule has 5 nitrogen and oxygen atoms in total. The lowest BCUT2D eigenvalue weighted by Crippen LogP contribution is -2.13. The van der Waals surface area contributed by atoms with Crippen LogP contribution in [0.5, 0.6) is 0 Å². The fourth-order valence-electron chi connectivity index (χ4n) is 2.48. The average molecular weight is 326 g/mol. The van der Waals surface area contributed by atoms with Crippen LogP contribution >= 0.6 is 0 Å². The van der Waals surface area contributed by atoms with Crippen molar-refractivity contribution < 1.29 is 14.3 Å². The summed E-state index contributed by atoms with van der Waals surface area (Å²) >= 11 is 0. The lowest BCUT2D eigenvalue weighted by Gasteiger charge is -2.06. The van der Waals surface area contributed by atoms with E-state index in [-0.39, 0.29) is 12.4 Å². The molecule has 5 heteroatoms. The molecule has 1 aromatic heterocycles. The second kappa shape index (κ2) is 7.25. The smallest absolute Gasteiger partial charge is 0.331 e. The number of rotatable bonds is 5. The molecule has 1 heterocycles. The van der Waals surface area contributed by atoms with Crippen molar-refractivity contribution in [1.29, 1.82) is 0 Å². The molecule has 0 amide bonds. The van der Waals surface area contributed by atoms with Crippen LogP contribution in [0.25, 0.3) is 6.08 Å². The standard InChI is InChI=1S/C19H22N2O3/c1-12-6-7-13(2)17(10-12)18(22)11-24-19(23)9-8-16-14(3)20-21(5)15(16)4/h6-10H,11H2,1-5H3/b9-8+. The van der Waals surface area contributed by atoms with E-state index in [9.17, 15) is 9.59 Å². The summed E-state index contributed by atoms with van der Waals surface area (Å²) < 4.78 is 6.81. The van der Waals surface area contributed by atoms with E-state index in [0.29, 0.717) is 5.56 Å². The van der Waals surface area contributed by atoms with Gasteiger partial charge in [-0.2, -0.15) is 5.10 Å². The lowest BCUT2D eigenvalue weighted by atomic mass is 10.0. The Bertz CT molecular complexity index is 816. The summed E-state index contributed by atoms with van der Waals surface area (Å²) in [5.74, 6) is -0.747. The summed E-state index contributed by atoms with van der Waals surface area (Å²) in [4.78, 5) is 24.0. The predicted octanol–water partition coefficient (Wildman–Crippen LogP) is 3.09. The Labute approximate surface area is 141 Å². The summed E-state index contributed by atoms with van der Waals surface area (Å²) in [6, 6.07) is 5.64. The number of carbonyl (C=O) groups excluding carboxylic acids is 2. The highest BCUT2D eigenvalue weighted by atomic mass is 16.5. The van der Waals surface area contributed by atoms with Gasteiger partial charge in [0.25, 0.3) is 0 Å². The first-order valence-corrected chi connectivity index (χ1v) is 7.75. The van der Waals surface area contributed by atoms with Crippen molar-refractivity contribution in [2.24, 2.45) is 7.05 Å². The van der Waals surface area contributed by atoms with Crippen LogP contribution in [0, 0.1) is 27.7 Å². The van der Waals surface area contributed by atoms with Crippen LogP contribution in [0.4, 0.5) is 0 Å². The summed E-state index contributed by atoms with van der Waals surface area (Å²) in [7, 11) is 1.85. The van der Waals surface area contributed by atoms with Crippen LogP contribution in [0.15, 0.2) is 24.3 Å². The molecule has 1 aromatic carbocycles. The van der Waals surface area contributed by atoms with E-state index in [1.165, 1.54) is 6.08 Å². The topological polar surface area (TPSA) is 61.2 Å². The van der Waals surface area contributed by atoms with E-state index in [1.807, 2.05) is 52.9 Å². The molecule has 0 fully saturated rings. The Kier molecular flexibility index (Phi) is 5.34. The molecular weight excluding hydrogens is 304 g/mol. The van der Waals surface area contributed by atoms with Crippen LogP contribution in [0.1, 0.15) is 38.4 Å².